The summed E-state index contributed by atoms with van der Waals surface area (Å²) in [7, 11) is 0. The Hall–Kier alpha value is -1.37. The van der Waals surface area contributed by atoms with Crippen molar-refractivity contribution in [2.24, 2.45) is 5.92 Å². The lowest BCUT2D eigenvalue weighted by Gasteiger charge is -2.09. The summed E-state index contributed by atoms with van der Waals surface area (Å²) in [5, 5.41) is 3.09. The number of aryl methyl sites for hydroxylation is 1. The second kappa shape index (κ2) is 6.70. The van der Waals surface area contributed by atoms with Gasteiger partial charge in [0.2, 0.25) is 0 Å². The molecule has 19 heavy (non-hydrogen) atoms. The van der Waals surface area contributed by atoms with E-state index in [1.165, 1.54) is 6.07 Å². The number of halogens is 3. The van der Waals surface area contributed by atoms with Gasteiger partial charge in [-0.1, -0.05) is 13.8 Å². The molecule has 0 spiro atoms. The van der Waals surface area contributed by atoms with Crippen LogP contribution in [0.5, 0.6) is 0 Å². The molecular formula is C12H18F3N3O. The molecular weight excluding hydrogens is 259 g/mol. The van der Waals surface area contributed by atoms with Crippen molar-refractivity contribution in [3.8, 4) is 0 Å². The fraction of sp³-hybridized carbons (Fsp3) is 0.667. The van der Waals surface area contributed by atoms with E-state index >= 15 is 0 Å². The molecule has 7 heteroatoms. The summed E-state index contributed by atoms with van der Waals surface area (Å²) in [6.45, 7) is 5.20. The summed E-state index contributed by atoms with van der Waals surface area (Å²) in [5.41, 5.74) is 0.0371. The van der Waals surface area contributed by atoms with Gasteiger partial charge in [0.1, 0.15) is 5.82 Å². The maximum atomic E-state index is 12.1. The molecule has 0 aliphatic heterocycles. The third-order valence-corrected chi connectivity index (χ3v) is 2.35. The van der Waals surface area contributed by atoms with E-state index in [0.717, 1.165) is 6.54 Å². The van der Waals surface area contributed by atoms with E-state index in [9.17, 15) is 18.0 Å². The number of rotatable bonds is 6. The van der Waals surface area contributed by atoms with E-state index in [0.29, 0.717) is 18.2 Å². The number of alkyl halides is 3. The molecule has 4 nitrogen and oxygen atoms in total. The van der Waals surface area contributed by atoms with Crippen molar-refractivity contribution in [3.63, 3.8) is 0 Å². The first-order chi connectivity index (χ1) is 8.76. The second-order valence-electron chi connectivity index (χ2n) is 4.82. The van der Waals surface area contributed by atoms with Crippen LogP contribution in [0.1, 0.15) is 31.8 Å². The summed E-state index contributed by atoms with van der Waals surface area (Å²) in [6.07, 6.45) is -5.54. The zero-order chi connectivity index (χ0) is 14.5. The minimum Gasteiger partial charge on any atom is -0.311 e. The highest BCUT2D eigenvalue weighted by Crippen LogP contribution is 2.20. The van der Waals surface area contributed by atoms with Crippen molar-refractivity contribution >= 4 is 0 Å². The van der Waals surface area contributed by atoms with Crippen LogP contribution in [-0.2, 0) is 13.0 Å². The number of H-pyrrole nitrogens is 1. The van der Waals surface area contributed by atoms with Gasteiger partial charge in [0.15, 0.2) is 0 Å². The number of nitrogens with zero attached hydrogens (tertiary/aromatic N) is 1. The quantitative estimate of drug-likeness (QED) is 0.836. The van der Waals surface area contributed by atoms with Crippen LogP contribution < -0.4 is 10.9 Å². The lowest BCUT2D eigenvalue weighted by Crippen LogP contribution is -2.22. The Morgan fingerprint density at radius 2 is 2.11 bits per heavy atom. The molecule has 0 aromatic carbocycles. The predicted octanol–water partition coefficient (Wildman–Crippen LogP) is 2.01. The highest BCUT2D eigenvalue weighted by molar-refractivity contribution is 5.03. The largest absolute Gasteiger partial charge is 0.389 e. The van der Waals surface area contributed by atoms with E-state index in [2.05, 4.69) is 15.3 Å². The van der Waals surface area contributed by atoms with Crippen LogP contribution >= 0.6 is 0 Å². The Bertz CT molecular complexity index is 454. The topological polar surface area (TPSA) is 57.8 Å². The summed E-state index contributed by atoms with van der Waals surface area (Å²) < 4.78 is 36.3. The summed E-state index contributed by atoms with van der Waals surface area (Å²) in [4.78, 5) is 17.7. The Kier molecular flexibility index (Phi) is 5.53. The van der Waals surface area contributed by atoms with Gasteiger partial charge in [-0.2, -0.15) is 13.2 Å². The van der Waals surface area contributed by atoms with Gasteiger partial charge in [-0.15, -0.1) is 0 Å². The molecule has 0 bridgehead atoms. The second-order valence-corrected chi connectivity index (χ2v) is 4.82. The fourth-order valence-electron chi connectivity index (χ4n) is 1.52. The Labute approximate surface area is 109 Å². The summed E-state index contributed by atoms with van der Waals surface area (Å²) in [6, 6.07) is 1.30. The molecule has 1 aromatic heterocycles. The number of hydrogen-bond acceptors (Lipinski definition) is 3. The highest BCUT2D eigenvalue weighted by atomic mass is 19.4. The van der Waals surface area contributed by atoms with Crippen molar-refractivity contribution in [1.29, 1.82) is 0 Å². The van der Waals surface area contributed by atoms with Gasteiger partial charge >= 0.3 is 6.18 Å². The Morgan fingerprint density at radius 3 is 2.68 bits per heavy atom. The molecule has 0 fully saturated rings. The van der Waals surface area contributed by atoms with Crippen LogP contribution in [0.15, 0.2) is 10.9 Å². The van der Waals surface area contributed by atoms with E-state index in [1.54, 1.807) is 0 Å². The molecule has 108 valence electrons. The van der Waals surface area contributed by atoms with Crippen LogP contribution in [0.2, 0.25) is 0 Å². The van der Waals surface area contributed by atoms with Gasteiger partial charge in [-0.3, -0.25) is 4.79 Å². The van der Waals surface area contributed by atoms with Crippen LogP contribution in [0, 0.1) is 5.92 Å². The average Bonchev–Trinajstić information content (AvgIpc) is 2.24. The molecule has 0 atom stereocenters. The van der Waals surface area contributed by atoms with Gasteiger partial charge in [0.05, 0.1) is 12.1 Å². The predicted molar refractivity (Wildman–Crippen MR) is 65.8 cm³/mol. The summed E-state index contributed by atoms with van der Waals surface area (Å²) in [5.74, 6) is 0.526. The van der Waals surface area contributed by atoms with Crippen molar-refractivity contribution in [2.45, 2.75) is 39.4 Å². The highest BCUT2D eigenvalue weighted by Gasteiger charge is 2.27. The molecule has 0 unspecified atom stereocenters. The normalized spacial score (nSPS) is 12.1. The molecule has 0 aliphatic carbocycles. The maximum Gasteiger partial charge on any atom is 0.389 e. The molecule has 1 aromatic rings. The average molecular weight is 277 g/mol. The molecule has 2 N–H and O–H groups in total. The van der Waals surface area contributed by atoms with Crippen molar-refractivity contribution in [2.75, 3.05) is 6.54 Å². The molecule has 0 radical (unpaired) electrons. The SMILES string of the molecule is CC(C)CNCc1cc(=O)[nH]c(CCC(F)(F)F)n1. The molecule has 1 heterocycles. The van der Waals surface area contributed by atoms with E-state index in [1.807, 2.05) is 13.8 Å². The number of nitrogens with one attached hydrogen (secondary N) is 2. The zero-order valence-corrected chi connectivity index (χ0v) is 11.0. The zero-order valence-electron chi connectivity index (χ0n) is 11.0. The molecule has 0 amide bonds. The van der Waals surface area contributed by atoms with Crippen molar-refractivity contribution in [1.82, 2.24) is 15.3 Å². The van der Waals surface area contributed by atoms with E-state index in [4.69, 9.17) is 0 Å². The van der Waals surface area contributed by atoms with Gasteiger partial charge in [-0.25, -0.2) is 4.98 Å². The molecule has 1 rings (SSSR count). The third-order valence-electron chi connectivity index (χ3n) is 2.35. The Balaban J connectivity index is 2.63. The third kappa shape index (κ3) is 6.95. The Morgan fingerprint density at radius 1 is 1.42 bits per heavy atom. The van der Waals surface area contributed by atoms with Crippen LogP contribution in [0.3, 0.4) is 0 Å². The van der Waals surface area contributed by atoms with Gasteiger partial charge < -0.3 is 10.3 Å². The first kappa shape index (κ1) is 15.7. The standard InChI is InChI=1S/C12H18F3N3O/c1-8(2)6-16-7-9-5-11(19)18-10(17-9)3-4-12(13,14)15/h5,8,16H,3-4,6-7H2,1-2H3,(H,17,18,19). The monoisotopic (exact) mass is 277 g/mol. The molecule has 0 saturated carbocycles. The van der Waals surface area contributed by atoms with Gasteiger partial charge in [-0.05, 0) is 12.5 Å². The smallest absolute Gasteiger partial charge is 0.311 e. The first-order valence-electron chi connectivity index (χ1n) is 6.13. The first-order valence-corrected chi connectivity index (χ1v) is 6.13. The van der Waals surface area contributed by atoms with E-state index in [-0.39, 0.29) is 12.2 Å². The van der Waals surface area contributed by atoms with Crippen LogP contribution in [-0.4, -0.2) is 22.7 Å². The molecule has 0 aliphatic rings. The van der Waals surface area contributed by atoms with Gasteiger partial charge in [0, 0.05) is 19.0 Å². The fourth-order valence-corrected chi connectivity index (χ4v) is 1.52. The minimum absolute atomic E-state index is 0.0752. The molecule has 0 saturated heterocycles. The number of aromatic nitrogens is 2. The van der Waals surface area contributed by atoms with Crippen LogP contribution in [0.4, 0.5) is 13.2 Å². The maximum absolute atomic E-state index is 12.1. The summed E-state index contributed by atoms with van der Waals surface area (Å²) >= 11 is 0. The lowest BCUT2D eigenvalue weighted by atomic mass is 10.2. The number of aromatic amines is 1. The van der Waals surface area contributed by atoms with Crippen molar-refractivity contribution in [3.05, 3.63) is 27.9 Å². The van der Waals surface area contributed by atoms with Gasteiger partial charge in [0.25, 0.3) is 5.56 Å². The lowest BCUT2D eigenvalue weighted by molar-refractivity contribution is -0.134. The number of hydrogen-bond donors (Lipinski definition) is 2. The van der Waals surface area contributed by atoms with Crippen molar-refractivity contribution < 1.29 is 13.2 Å². The minimum atomic E-state index is -4.25. The van der Waals surface area contributed by atoms with E-state index < -0.39 is 18.2 Å². The van der Waals surface area contributed by atoms with Crippen LogP contribution in [0.25, 0.3) is 0 Å².